The van der Waals surface area contributed by atoms with Gasteiger partial charge in [-0.15, -0.1) is 0 Å². The first-order valence-electron chi connectivity index (χ1n) is 5.42. The second kappa shape index (κ2) is 4.34. The zero-order chi connectivity index (χ0) is 11.5. The van der Waals surface area contributed by atoms with Gasteiger partial charge in [0.2, 0.25) is 5.95 Å². The molecule has 0 amide bonds. The number of nitrogens with zero attached hydrogens (tertiary/aromatic N) is 4. The molecule has 0 saturated carbocycles. The average molecular weight is 220 g/mol. The van der Waals surface area contributed by atoms with Crippen LogP contribution >= 0.6 is 0 Å². The van der Waals surface area contributed by atoms with Crippen LogP contribution in [0.15, 0.2) is 6.20 Å². The third-order valence-electron chi connectivity index (χ3n) is 2.46. The Morgan fingerprint density at radius 3 is 2.88 bits per heavy atom. The summed E-state index contributed by atoms with van der Waals surface area (Å²) in [6, 6.07) is 0. The van der Waals surface area contributed by atoms with Crippen LogP contribution in [0, 0.1) is 0 Å². The van der Waals surface area contributed by atoms with Gasteiger partial charge in [-0.1, -0.05) is 0 Å². The lowest BCUT2D eigenvalue weighted by Gasteiger charge is -2.16. The van der Waals surface area contributed by atoms with Crippen LogP contribution in [0.4, 0.5) is 11.8 Å². The largest absolute Gasteiger partial charge is 0.359 e. The first-order chi connectivity index (χ1) is 7.76. The van der Waals surface area contributed by atoms with Crippen molar-refractivity contribution in [2.45, 2.75) is 13.8 Å². The fourth-order valence-electron chi connectivity index (χ4n) is 1.50. The van der Waals surface area contributed by atoms with E-state index in [0.29, 0.717) is 5.95 Å². The first kappa shape index (κ1) is 10.7. The van der Waals surface area contributed by atoms with E-state index in [4.69, 9.17) is 0 Å². The van der Waals surface area contributed by atoms with Crippen LogP contribution in [0.1, 0.15) is 13.8 Å². The molecule has 86 valence electrons. The van der Waals surface area contributed by atoms with E-state index >= 15 is 0 Å². The van der Waals surface area contributed by atoms with Crippen LogP contribution in [0.2, 0.25) is 0 Å². The number of nitrogens with one attached hydrogen (secondary N) is 2. The fraction of sp³-hybridized carbons (Fsp3) is 0.500. The predicted octanol–water partition coefficient (Wildman–Crippen LogP) is 1.24. The van der Waals surface area contributed by atoms with Crippen LogP contribution in [-0.4, -0.2) is 40.3 Å². The van der Waals surface area contributed by atoms with Gasteiger partial charge in [-0.25, -0.2) is 0 Å². The van der Waals surface area contributed by atoms with E-state index in [2.05, 4.69) is 37.3 Å². The summed E-state index contributed by atoms with van der Waals surface area (Å²) in [6.07, 6.45) is 1.76. The highest BCUT2D eigenvalue weighted by atomic mass is 15.2. The van der Waals surface area contributed by atoms with Crippen molar-refractivity contribution in [2.75, 3.05) is 30.4 Å². The monoisotopic (exact) mass is 220 g/mol. The lowest BCUT2D eigenvalue weighted by Crippen LogP contribution is -2.18. The molecular weight excluding hydrogens is 204 g/mol. The van der Waals surface area contributed by atoms with Crippen LogP contribution in [0.3, 0.4) is 0 Å². The van der Waals surface area contributed by atoms with Crippen LogP contribution < -0.4 is 10.2 Å². The Morgan fingerprint density at radius 1 is 1.38 bits per heavy atom. The van der Waals surface area contributed by atoms with Crippen LogP contribution in [-0.2, 0) is 0 Å². The molecular formula is C10H16N6. The van der Waals surface area contributed by atoms with Crippen molar-refractivity contribution in [3.63, 3.8) is 0 Å². The first-order valence-corrected chi connectivity index (χ1v) is 5.42. The molecule has 16 heavy (non-hydrogen) atoms. The van der Waals surface area contributed by atoms with Gasteiger partial charge in [0.1, 0.15) is 5.82 Å². The molecule has 0 aliphatic carbocycles. The SMILES string of the molecule is CCNc1nc(N(C)CC)c2cn[nH]c2n1. The van der Waals surface area contributed by atoms with Gasteiger partial charge in [-0.2, -0.15) is 15.1 Å². The second-order valence-corrected chi connectivity index (χ2v) is 3.55. The Morgan fingerprint density at radius 2 is 2.19 bits per heavy atom. The van der Waals surface area contributed by atoms with Crippen molar-refractivity contribution in [3.05, 3.63) is 6.20 Å². The zero-order valence-electron chi connectivity index (χ0n) is 9.78. The summed E-state index contributed by atoms with van der Waals surface area (Å²) in [4.78, 5) is 10.9. The van der Waals surface area contributed by atoms with Gasteiger partial charge in [0, 0.05) is 20.1 Å². The molecule has 0 aromatic carbocycles. The van der Waals surface area contributed by atoms with Crippen molar-refractivity contribution >= 4 is 22.8 Å². The Balaban J connectivity index is 2.54. The minimum atomic E-state index is 0.634. The van der Waals surface area contributed by atoms with E-state index in [0.717, 1.165) is 29.9 Å². The Kier molecular flexibility index (Phi) is 2.89. The number of fused-ring (bicyclic) bond motifs is 1. The van der Waals surface area contributed by atoms with Crippen molar-refractivity contribution in [1.29, 1.82) is 0 Å². The van der Waals surface area contributed by atoms with Gasteiger partial charge in [0.15, 0.2) is 5.65 Å². The number of H-pyrrole nitrogens is 1. The number of aromatic amines is 1. The highest BCUT2D eigenvalue weighted by Gasteiger charge is 2.11. The van der Waals surface area contributed by atoms with Gasteiger partial charge >= 0.3 is 0 Å². The van der Waals surface area contributed by atoms with E-state index in [-0.39, 0.29) is 0 Å². The summed E-state index contributed by atoms with van der Waals surface area (Å²) in [7, 11) is 2.00. The van der Waals surface area contributed by atoms with Crippen LogP contribution in [0.25, 0.3) is 11.0 Å². The molecule has 0 aliphatic rings. The molecule has 0 saturated heterocycles. The van der Waals surface area contributed by atoms with E-state index < -0.39 is 0 Å². The zero-order valence-corrected chi connectivity index (χ0v) is 9.78. The van der Waals surface area contributed by atoms with Gasteiger partial charge in [0.05, 0.1) is 11.6 Å². The van der Waals surface area contributed by atoms with Gasteiger partial charge in [0.25, 0.3) is 0 Å². The maximum Gasteiger partial charge on any atom is 0.226 e. The smallest absolute Gasteiger partial charge is 0.226 e. The maximum atomic E-state index is 4.48. The fourth-order valence-corrected chi connectivity index (χ4v) is 1.50. The standard InChI is InChI=1S/C10H16N6/c1-4-11-10-13-8-7(6-12-15-8)9(14-10)16(3)5-2/h6H,4-5H2,1-3H3,(H2,11,12,13,14,15). The van der Waals surface area contributed by atoms with Crippen molar-refractivity contribution < 1.29 is 0 Å². The Bertz CT molecular complexity index is 477. The van der Waals surface area contributed by atoms with Crippen molar-refractivity contribution in [1.82, 2.24) is 20.2 Å². The van der Waals surface area contributed by atoms with E-state index in [1.807, 2.05) is 14.0 Å². The second-order valence-electron chi connectivity index (χ2n) is 3.55. The van der Waals surface area contributed by atoms with Crippen molar-refractivity contribution in [3.8, 4) is 0 Å². The lowest BCUT2D eigenvalue weighted by molar-refractivity contribution is 0.937. The molecule has 6 heteroatoms. The number of hydrogen-bond acceptors (Lipinski definition) is 5. The minimum absolute atomic E-state index is 0.634. The minimum Gasteiger partial charge on any atom is -0.359 e. The van der Waals surface area contributed by atoms with E-state index in [1.54, 1.807) is 6.20 Å². The molecule has 2 N–H and O–H groups in total. The molecule has 0 unspecified atom stereocenters. The third-order valence-corrected chi connectivity index (χ3v) is 2.46. The lowest BCUT2D eigenvalue weighted by atomic mass is 10.3. The molecule has 0 atom stereocenters. The molecule has 2 heterocycles. The van der Waals surface area contributed by atoms with Crippen LogP contribution in [0.5, 0.6) is 0 Å². The summed E-state index contributed by atoms with van der Waals surface area (Å²) in [5.41, 5.74) is 0.765. The highest BCUT2D eigenvalue weighted by Crippen LogP contribution is 2.22. The Labute approximate surface area is 94.1 Å². The molecule has 2 aromatic rings. The third kappa shape index (κ3) is 1.78. The Hall–Kier alpha value is -1.85. The van der Waals surface area contributed by atoms with E-state index in [9.17, 15) is 0 Å². The predicted molar refractivity (Wildman–Crippen MR) is 64.8 cm³/mol. The average Bonchev–Trinajstić information content (AvgIpc) is 2.75. The number of hydrogen-bond donors (Lipinski definition) is 2. The molecule has 0 bridgehead atoms. The number of anilines is 2. The molecule has 0 fully saturated rings. The molecule has 6 nitrogen and oxygen atoms in total. The molecule has 0 spiro atoms. The van der Waals surface area contributed by atoms with Gasteiger partial charge < -0.3 is 10.2 Å². The number of rotatable bonds is 4. The van der Waals surface area contributed by atoms with E-state index in [1.165, 1.54) is 0 Å². The number of aromatic nitrogens is 4. The maximum absolute atomic E-state index is 4.48. The normalized spacial score (nSPS) is 10.7. The molecule has 0 aliphatic heterocycles. The molecule has 0 radical (unpaired) electrons. The van der Waals surface area contributed by atoms with Gasteiger partial charge in [-0.05, 0) is 13.8 Å². The quantitative estimate of drug-likeness (QED) is 0.811. The summed E-state index contributed by atoms with van der Waals surface area (Å²) >= 11 is 0. The molecule has 2 aromatic heterocycles. The summed E-state index contributed by atoms with van der Waals surface area (Å²) in [6.45, 7) is 5.79. The summed E-state index contributed by atoms with van der Waals surface area (Å²) in [5, 5.41) is 10.9. The summed E-state index contributed by atoms with van der Waals surface area (Å²) in [5.74, 6) is 1.53. The topological polar surface area (TPSA) is 69.7 Å². The van der Waals surface area contributed by atoms with Crippen molar-refractivity contribution in [2.24, 2.45) is 0 Å². The van der Waals surface area contributed by atoms with Gasteiger partial charge in [-0.3, -0.25) is 5.10 Å². The highest BCUT2D eigenvalue weighted by molar-refractivity contribution is 5.87. The molecule has 2 rings (SSSR count). The summed E-state index contributed by atoms with van der Waals surface area (Å²) < 4.78 is 0.